The number of benzene rings is 1. The molecule has 0 radical (unpaired) electrons. The fraction of sp³-hybridized carbons (Fsp3) is 0.250. The molecule has 9 heteroatoms. The predicted molar refractivity (Wildman–Crippen MR) is 83.5 cm³/mol. The number of carbonyl (C=O) groups excluding carboxylic acids is 2. The van der Waals surface area contributed by atoms with Crippen LogP contribution in [0.3, 0.4) is 0 Å². The molecule has 0 saturated heterocycles. The molecule has 0 aliphatic carbocycles. The Balaban J connectivity index is 1.88. The molecule has 1 atom stereocenters. The summed E-state index contributed by atoms with van der Waals surface area (Å²) in [5, 5.41) is 14.4. The topological polar surface area (TPSA) is 83.4 Å². The molecular formula is C16H16F3N3O3. The number of amides is 2. The van der Waals surface area contributed by atoms with E-state index in [1.54, 1.807) is 29.9 Å². The van der Waals surface area contributed by atoms with Crippen molar-refractivity contribution in [3.8, 4) is 0 Å². The molecule has 1 heterocycles. The monoisotopic (exact) mass is 355 g/mol. The highest BCUT2D eigenvalue weighted by molar-refractivity contribution is 6.39. The first-order chi connectivity index (χ1) is 11.7. The summed E-state index contributed by atoms with van der Waals surface area (Å²) < 4.78 is 39.0. The molecule has 25 heavy (non-hydrogen) atoms. The van der Waals surface area contributed by atoms with E-state index >= 15 is 0 Å². The van der Waals surface area contributed by atoms with E-state index in [2.05, 4.69) is 10.6 Å². The molecule has 2 amide bonds. The van der Waals surface area contributed by atoms with Gasteiger partial charge in [-0.3, -0.25) is 9.59 Å². The van der Waals surface area contributed by atoms with Crippen LogP contribution in [0.15, 0.2) is 42.6 Å². The van der Waals surface area contributed by atoms with Crippen LogP contribution in [0.2, 0.25) is 0 Å². The fourth-order valence-corrected chi connectivity index (χ4v) is 2.13. The van der Waals surface area contributed by atoms with Crippen LogP contribution in [0.25, 0.3) is 0 Å². The van der Waals surface area contributed by atoms with Gasteiger partial charge in [0, 0.05) is 31.2 Å². The van der Waals surface area contributed by atoms with Gasteiger partial charge in [-0.25, -0.2) is 0 Å². The smallest absolute Gasteiger partial charge is 0.385 e. The van der Waals surface area contributed by atoms with E-state index in [4.69, 9.17) is 0 Å². The maximum atomic E-state index is 12.5. The lowest BCUT2D eigenvalue weighted by molar-refractivity contribution is -0.137. The van der Waals surface area contributed by atoms with Crippen molar-refractivity contribution in [2.24, 2.45) is 7.05 Å². The quantitative estimate of drug-likeness (QED) is 0.732. The molecule has 1 aromatic carbocycles. The normalized spacial score (nSPS) is 12.5. The average molecular weight is 355 g/mol. The fourth-order valence-electron chi connectivity index (χ4n) is 2.13. The van der Waals surface area contributed by atoms with Crippen LogP contribution in [0.5, 0.6) is 0 Å². The number of halogens is 3. The van der Waals surface area contributed by atoms with Crippen molar-refractivity contribution in [3.05, 3.63) is 53.9 Å². The second-order valence-electron chi connectivity index (χ2n) is 5.30. The van der Waals surface area contributed by atoms with Gasteiger partial charge in [-0.05, 0) is 36.4 Å². The van der Waals surface area contributed by atoms with Gasteiger partial charge in [0.2, 0.25) is 0 Å². The van der Waals surface area contributed by atoms with Crippen LogP contribution >= 0.6 is 0 Å². The summed E-state index contributed by atoms with van der Waals surface area (Å²) in [6.45, 7) is -0.183. The largest absolute Gasteiger partial charge is 0.416 e. The minimum Gasteiger partial charge on any atom is -0.385 e. The molecule has 0 saturated carbocycles. The van der Waals surface area contributed by atoms with Crippen molar-refractivity contribution in [2.45, 2.75) is 12.3 Å². The minimum absolute atomic E-state index is 0.0520. The van der Waals surface area contributed by atoms with Gasteiger partial charge < -0.3 is 20.3 Å². The lowest BCUT2D eigenvalue weighted by Gasteiger charge is -2.13. The number of rotatable bonds is 4. The summed E-state index contributed by atoms with van der Waals surface area (Å²) in [5.41, 5.74) is -0.250. The van der Waals surface area contributed by atoms with Crippen molar-refractivity contribution < 1.29 is 27.9 Å². The highest BCUT2D eigenvalue weighted by Crippen LogP contribution is 2.29. The molecule has 2 rings (SSSR count). The molecular weight excluding hydrogens is 339 g/mol. The Hall–Kier alpha value is -2.81. The first-order valence-corrected chi connectivity index (χ1v) is 7.24. The minimum atomic E-state index is -4.48. The third-order valence-electron chi connectivity index (χ3n) is 3.46. The van der Waals surface area contributed by atoms with Crippen LogP contribution < -0.4 is 10.6 Å². The van der Waals surface area contributed by atoms with Crippen molar-refractivity contribution >= 4 is 17.5 Å². The summed E-state index contributed by atoms with van der Waals surface area (Å²) >= 11 is 0. The zero-order chi connectivity index (χ0) is 18.6. The van der Waals surface area contributed by atoms with E-state index in [1.165, 1.54) is 0 Å². The van der Waals surface area contributed by atoms with Crippen LogP contribution in [0.4, 0.5) is 18.9 Å². The molecule has 0 aliphatic heterocycles. The molecule has 134 valence electrons. The average Bonchev–Trinajstić information content (AvgIpc) is 2.98. The third kappa shape index (κ3) is 4.83. The van der Waals surface area contributed by atoms with Gasteiger partial charge in [0.25, 0.3) is 0 Å². The highest BCUT2D eigenvalue weighted by atomic mass is 19.4. The van der Waals surface area contributed by atoms with Crippen LogP contribution in [-0.2, 0) is 22.8 Å². The van der Waals surface area contributed by atoms with Crippen molar-refractivity contribution in [3.63, 3.8) is 0 Å². The first-order valence-electron chi connectivity index (χ1n) is 7.24. The van der Waals surface area contributed by atoms with E-state index in [0.29, 0.717) is 5.69 Å². The van der Waals surface area contributed by atoms with Gasteiger partial charge >= 0.3 is 18.0 Å². The highest BCUT2D eigenvalue weighted by Gasteiger charge is 2.30. The standard InChI is InChI=1S/C16H16F3N3O3/c1-22-8-2-3-12(22)13(23)9-20-14(24)15(25)21-11-6-4-10(5-7-11)16(17,18)19/h2-8,13,23H,9H2,1H3,(H,20,24)(H,21,25)/t13-/m0/s1. The summed E-state index contributed by atoms with van der Waals surface area (Å²) in [6, 6.07) is 7.08. The van der Waals surface area contributed by atoms with Gasteiger partial charge in [-0.15, -0.1) is 0 Å². The van der Waals surface area contributed by atoms with Gasteiger partial charge in [0.05, 0.1) is 5.56 Å². The number of aryl methyl sites for hydroxylation is 1. The van der Waals surface area contributed by atoms with Gasteiger partial charge in [0.15, 0.2) is 0 Å². The Morgan fingerprint density at radius 1 is 1.16 bits per heavy atom. The van der Waals surface area contributed by atoms with E-state index in [0.717, 1.165) is 24.3 Å². The second-order valence-corrected chi connectivity index (χ2v) is 5.30. The van der Waals surface area contributed by atoms with Crippen LogP contribution in [0.1, 0.15) is 17.4 Å². The Kier molecular flexibility index (Phi) is 5.48. The summed E-state index contributed by atoms with van der Waals surface area (Å²) in [6.07, 6.45) is -3.76. The molecule has 0 unspecified atom stereocenters. The van der Waals surface area contributed by atoms with Gasteiger partial charge in [-0.1, -0.05) is 0 Å². The number of nitrogens with zero attached hydrogens (tertiary/aromatic N) is 1. The Labute approximate surface area is 141 Å². The lowest BCUT2D eigenvalue weighted by atomic mass is 10.2. The van der Waals surface area contributed by atoms with Crippen molar-refractivity contribution in [1.29, 1.82) is 0 Å². The number of aliphatic hydroxyl groups is 1. The van der Waals surface area contributed by atoms with Crippen molar-refractivity contribution in [2.75, 3.05) is 11.9 Å². The molecule has 0 aliphatic rings. The van der Waals surface area contributed by atoms with E-state index < -0.39 is 29.7 Å². The van der Waals surface area contributed by atoms with E-state index in [-0.39, 0.29) is 12.2 Å². The van der Waals surface area contributed by atoms with E-state index in [9.17, 15) is 27.9 Å². The molecule has 0 bridgehead atoms. The Morgan fingerprint density at radius 3 is 2.32 bits per heavy atom. The number of alkyl halides is 3. The zero-order valence-corrected chi connectivity index (χ0v) is 13.2. The Morgan fingerprint density at radius 2 is 1.80 bits per heavy atom. The number of carbonyl (C=O) groups is 2. The second kappa shape index (κ2) is 7.39. The maximum Gasteiger partial charge on any atom is 0.416 e. The predicted octanol–water partition coefficient (Wildman–Crippen LogP) is 1.83. The molecule has 0 fully saturated rings. The lowest BCUT2D eigenvalue weighted by Crippen LogP contribution is -2.37. The van der Waals surface area contributed by atoms with Crippen LogP contribution in [0, 0.1) is 0 Å². The number of hydrogen-bond acceptors (Lipinski definition) is 3. The Bertz CT molecular complexity index is 754. The molecule has 1 aromatic heterocycles. The number of anilines is 1. The molecule has 3 N–H and O–H groups in total. The number of hydrogen-bond donors (Lipinski definition) is 3. The molecule has 6 nitrogen and oxygen atoms in total. The number of aliphatic hydroxyl groups excluding tert-OH is 1. The first kappa shape index (κ1) is 18.5. The summed E-state index contributed by atoms with van der Waals surface area (Å²) in [5.74, 6) is -2.05. The van der Waals surface area contributed by atoms with E-state index in [1.807, 2.05) is 0 Å². The van der Waals surface area contributed by atoms with Crippen LogP contribution in [-0.4, -0.2) is 28.0 Å². The third-order valence-corrected chi connectivity index (χ3v) is 3.46. The number of aromatic nitrogens is 1. The summed E-state index contributed by atoms with van der Waals surface area (Å²) in [7, 11) is 1.72. The summed E-state index contributed by atoms with van der Waals surface area (Å²) in [4.78, 5) is 23.4. The SMILES string of the molecule is Cn1cccc1[C@@H](O)CNC(=O)C(=O)Nc1ccc(C(F)(F)F)cc1. The van der Waals surface area contributed by atoms with Crippen molar-refractivity contribution in [1.82, 2.24) is 9.88 Å². The van der Waals surface area contributed by atoms with Gasteiger partial charge in [0.1, 0.15) is 6.10 Å². The maximum absolute atomic E-state index is 12.5. The zero-order valence-electron chi connectivity index (χ0n) is 13.2. The number of nitrogens with one attached hydrogen (secondary N) is 2. The molecule has 0 spiro atoms. The van der Waals surface area contributed by atoms with Gasteiger partial charge in [-0.2, -0.15) is 13.2 Å². The molecule has 2 aromatic rings.